The van der Waals surface area contributed by atoms with Crippen molar-refractivity contribution < 1.29 is 13.6 Å². The Morgan fingerprint density at radius 2 is 2.33 bits per heavy atom. The first-order valence-electron chi connectivity index (χ1n) is 3.75. The molecule has 0 aliphatic carbocycles. The SMILES string of the molecule is O=C1CC(CC(F)F)CN1CCl. The molecule has 12 heavy (non-hydrogen) atoms. The third-order valence-corrected chi connectivity index (χ3v) is 2.24. The Kier molecular flexibility index (Phi) is 3.26. The molecule has 0 bridgehead atoms. The Balaban J connectivity index is 2.38. The molecule has 1 heterocycles. The van der Waals surface area contributed by atoms with Gasteiger partial charge in [0.1, 0.15) is 0 Å². The van der Waals surface area contributed by atoms with Crippen LogP contribution >= 0.6 is 11.6 Å². The van der Waals surface area contributed by atoms with Crippen molar-refractivity contribution in [3.05, 3.63) is 0 Å². The lowest BCUT2D eigenvalue weighted by Gasteiger charge is -2.11. The Labute approximate surface area is 74.5 Å². The van der Waals surface area contributed by atoms with E-state index in [4.69, 9.17) is 11.6 Å². The average molecular weight is 198 g/mol. The first-order valence-corrected chi connectivity index (χ1v) is 4.28. The predicted molar refractivity (Wildman–Crippen MR) is 41.2 cm³/mol. The minimum absolute atomic E-state index is 0.110. The van der Waals surface area contributed by atoms with Crippen molar-refractivity contribution >= 4 is 17.5 Å². The molecule has 0 aromatic heterocycles. The summed E-state index contributed by atoms with van der Waals surface area (Å²) in [7, 11) is 0. The number of nitrogens with zero attached hydrogens (tertiary/aromatic N) is 1. The van der Waals surface area contributed by atoms with Crippen LogP contribution in [0.25, 0.3) is 0 Å². The Morgan fingerprint density at radius 1 is 1.67 bits per heavy atom. The predicted octanol–water partition coefficient (Wildman–Crippen LogP) is 1.69. The standard InChI is InChI=1S/C7H10ClF2NO/c8-4-11-3-5(1-6(9)10)2-7(11)12/h5-6H,1-4H2. The van der Waals surface area contributed by atoms with E-state index in [1.807, 2.05) is 0 Å². The fourth-order valence-corrected chi connectivity index (χ4v) is 1.61. The molecule has 1 saturated heterocycles. The molecule has 1 rings (SSSR count). The average Bonchev–Trinajstić information content (AvgIpc) is 2.29. The highest BCUT2D eigenvalue weighted by Gasteiger charge is 2.30. The maximum absolute atomic E-state index is 11.9. The molecule has 0 aromatic carbocycles. The second-order valence-corrected chi connectivity index (χ2v) is 3.17. The van der Waals surface area contributed by atoms with Crippen LogP contribution < -0.4 is 0 Å². The van der Waals surface area contributed by atoms with Crippen LogP contribution in [0.3, 0.4) is 0 Å². The third-order valence-electron chi connectivity index (χ3n) is 1.95. The summed E-state index contributed by atoms with van der Waals surface area (Å²) in [5.41, 5.74) is 0. The maximum Gasteiger partial charge on any atom is 0.239 e. The summed E-state index contributed by atoms with van der Waals surface area (Å²) in [6.07, 6.45) is -2.30. The van der Waals surface area contributed by atoms with E-state index in [0.717, 1.165) is 0 Å². The number of hydrogen-bond acceptors (Lipinski definition) is 1. The van der Waals surface area contributed by atoms with Crippen LogP contribution in [0, 0.1) is 5.92 Å². The number of rotatable bonds is 3. The maximum atomic E-state index is 11.9. The minimum atomic E-state index is -2.32. The molecule has 0 radical (unpaired) electrons. The molecule has 1 aliphatic heterocycles. The molecule has 1 aliphatic rings. The molecule has 0 aromatic rings. The van der Waals surface area contributed by atoms with Crippen LogP contribution in [0.15, 0.2) is 0 Å². The van der Waals surface area contributed by atoms with Crippen molar-refractivity contribution in [2.75, 3.05) is 12.5 Å². The van der Waals surface area contributed by atoms with Gasteiger partial charge in [-0.05, 0) is 5.92 Å². The van der Waals surface area contributed by atoms with Crippen LogP contribution in [0.4, 0.5) is 8.78 Å². The molecule has 1 amide bonds. The van der Waals surface area contributed by atoms with Gasteiger partial charge in [0, 0.05) is 19.4 Å². The van der Waals surface area contributed by atoms with Gasteiger partial charge in [0.25, 0.3) is 0 Å². The second-order valence-electron chi connectivity index (χ2n) is 2.93. The molecule has 5 heteroatoms. The van der Waals surface area contributed by atoms with Crippen LogP contribution in [-0.4, -0.2) is 29.8 Å². The largest absolute Gasteiger partial charge is 0.329 e. The molecule has 0 spiro atoms. The normalized spacial score (nSPS) is 24.2. The molecule has 1 unspecified atom stereocenters. The Hall–Kier alpha value is -0.380. The van der Waals surface area contributed by atoms with Crippen molar-refractivity contribution in [3.63, 3.8) is 0 Å². The van der Waals surface area contributed by atoms with Gasteiger partial charge < -0.3 is 4.90 Å². The molecule has 0 N–H and O–H groups in total. The lowest BCUT2D eigenvalue weighted by molar-refractivity contribution is -0.126. The zero-order valence-corrected chi connectivity index (χ0v) is 7.23. The number of carbonyl (C=O) groups is 1. The summed E-state index contributed by atoms with van der Waals surface area (Å²) in [5, 5.41) is 0. The van der Waals surface area contributed by atoms with E-state index in [2.05, 4.69) is 0 Å². The van der Waals surface area contributed by atoms with Gasteiger partial charge in [-0.3, -0.25) is 4.79 Å². The molecule has 0 saturated carbocycles. The van der Waals surface area contributed by atoms with Gasteiger partial charge in [0.15, 0.2) is 0 Å². The van der Waals surface area contributed by atoms with Crippen molar-refractivity contribution in [1.29, 1.82) is 0 Å². The van der Waals surface area contributed by atoms with E-state index >= 15 is 0 Å². The summed E-state index contributed by atoms with van der Waals surface area (Å²) in [5.74, 6) is -0.327. The molecular weight excluding hydrogens is 188 g/mol. The van der Waals surface area contributed by atoms with Crippen LogP contribution in [0.5, 0.6) is 0 Å². The second kappa shape index (κ2) is 4.03. The fraction of sp³-hybridized carbons (Fsp3) is 0.857. The van der Waals surface area contributed by atoms with Crippen LogP contribution in [0.2, 0.25) is 0 Å². The summed E-state index contributed by atoms with van der Waals surface area (Å²) in [4.78, 5) is 12.4. The van der Waals surface area contributed by atoms with Crippen LogP contribution in [0.1, 0.15) is 12.8 Å². The van der Waals surface area contributed by atoms with Gasteiger partial charge in [0.05, 0.1) is 6.00 Å². The lowest BCUT2D eigenvalue weighted by atomic mass is 10.1. The number of likely N-dealkylation sites (tertiary alicyclic amines) is 1. The van der Waals surface area contributed by atoms with Gasteiger partial charge in [-0.25, -0.2) is 8.78 Å². The highest BCUT2D eigenvalue weighted by Crippen LogP contribution is 2.23. The van der Waals surface area contributed by atoms with Crippen LogP contribution in [-0.2, 0) is 4.79 Å². The van der Waals surface area contributed by atoms with E-state index < -0.39 is 6.43 Å². The van der Waals surface area contributed by atoms with E-state index in [-0.39, 0.29) is 30.7 Å². The van der Waals surface area contributed by atoms with Crippen molar-refractivity contribution in [2.24, 2.45) is 5.92 Å². The molecule has 1 atom stereocenters. The highest BCUT2D eigenvalue weighted by molar-refractivity contribution is 6.18. The van der Waals surface area contributed by atoms with Gasteiger partial charge in [-0.1, -0.05) is 0 Å². The fourth-order valence-electron chi connectivity index (χ4n) is 1.38. The monoisotopic (exact) mass is 197 g/mol. The summed E-state index contributed by atoms with van der Waals surface area (Å²) < 4.78 is 23.8. The number of amides is 1. The Bertz CT molecular complexity index is 177. The minimum Gasteiger partial charge on any atom is -0.329 e. The molecule has 70 valence electrons. The quantitative estimate of drug-likeness (QED) is 0.498. The summed E-state index contributed by atoms with van der Waals surface area (Å²) in [6.45, 7) is 0.382. The number of hydrogen-bond donors (Lipinski definition) is 0. The number of carbonyl (C=O) groups excluding carboxylic acids is 1. The summed E-state index contributed by atoms with van der Waals surface area (Å²) in [6, 6.07) is 0.110. The van der Waals surface area contributed by atoms with E-state index in [0.29, 0.717) is 6.54 Å². The van der Waals surface area contributed by atoms with E-state index in [1.165, 1.54) is 4.90 Å². The van der Waals surface area contributed by atoms with Crippen molar-refractivity contribution in [1.82, 2.24) is 4.90 Å². The number of halogens is 3. The molecule has 2 nitrogen and oxygen atoms in total. The first kappa shape index (κ1) is 9.71. The zero-order valence-electron chi connectivity index (χ0n) is 6.47. The first-order chi connectivity index (χ1) is 5.63. The smallest absolute Gasteiger partial charge is 0.239 e. The van der Waals surface area contributed by atoms with Gasteiger partial charge in [-0.15, -0.1) is 11.6 Å². The zero-order chi connectivity index (χ0) is 9.14. The van der Waals surface area contributed by atoms with E-state index in [1.54, 1.807) is 0 Å². The topological polar surface area (TPSA) is 20.3 Å². The highest BCUT2D eigenvalue weighted by atomic mass is 35.5. The van der Waals surface area contributed by atoms with Gasteiger partial charge in [0.2, 0.25) is 12.3 Å². The summed E-state index contributed by atoms with van der Waals surface area (Å²) >= 11 is 5.42. The van der Waals surface area contributed by atoms with Crippen molar-refractivity contribution in [2.45, 2.75) is 19.3 Å². The molecule has 1 fully saturated rings. The molecular formula is C7H10ClF2NO. The van der Waals surface area contributed by atoms with E-state index in [9.17, 15) is 13.6 Å². The van der Waals surface area contributed by atoms with Gasteiger partial charge in [-0.2, -0.15) is 0 Å². The third kappa shape index (κ3) is 2.30. The number of alkyl halides is 3. The van der Waals surface area contributed by atoms with Gasteiger partial charge >= 0.3 is 0 Å². The Morgan fingerprint density at radius 3 is 2.75 bits per heavy atom. The van der Waals surface area contributed by atoms with Crippen molar-refractivity contribution in [3.8, 4) is 0 Å². The lowest BCUT2D eigenvalue weighted by Crippen LogP contribution is -2.23.